The Morgan fingerprint density at radius 2 is 1.61 bits per heavy atom. The number of nitrogens with one attached hydrogen (secondary N) is 1. The van der Waals surface area contributed by atoms with Gasteiger partial charge in [-0.1, -0.05) is 13.8 Å². The molecule has 1 aromatic carbocycles. The Morgan fingerprint density at radius 1 is 0.944 bits per heavy atom. The molecule has 0 saturated heterocycles. The van der Waals surface area contributed by atoms with Crippen molar-refractivity contribution < 1.29 is 14.2 Å². The highest BCUT2D eigenvalue weighted by Gasteiger charge is 2.18. The standard InChI is InChI=1S/C14H19NO3/c1-8(2)10-6-9-7-11(16-3)13(17-4)14(18-5)12(9)15-10/h6-8,15H,1-5H3. The van der Waals surface area contributed by atoms with E-state index in [-0.39, 0.29) is 0 Å². The van der Waals surface area contributed by atoms with Gasteiger partial charge in [0.1, 0.15) is 0 Å². The summed E-state index contributed by atoms with van der Waals surface area (Å²) in [6.07, 6.45) is 0. The van der Waals surface area contributed by atoms with Crippen molar-refractivity contribution in [3.63, 3.8) is 0 Å². The van der Waals surface area contributed by atoms with Crippen molar-refractivity contribution >= 4 is 10.9 Å². The van der Waals surface area contributed by atoms with E-state index in [1.165, 1.54) is 5.69 Å². The number of hydrogen-bond acceptors (Lipinski definition) is 3. The molecule has 4 nitrogen and oxygen atoms in total. The fourth-order valence-corrected chi connectivity index (χ4v) is 2.08. The van der Waals surface area contributed by atoms with Crippen LogP contribution in [-0.4, -0.2) is 26.3 Å². The zero-order valence-corrected chi connectivity index (χ0v) is 11.5. The second kappa shape index (κ2) is 4.80. The van der Waals surface area contributed by atoms with E-state index in [0.29, 0.717) is 23.2 Å². The first-order chi connectivity index (χ1) is 8.62. The van der Waals surface area contributed by atoms with E-state index in [4.69, 9.17) is 14.2 Å². The Kier molecular flexibility index (Phi) is 3.36. The minimum absolute atomic E-state index is 0.430. The summed E-state index contributed by atoms with van der Waals surface area (Å²) in [6.45, 7) is 4.29. The molecule has 0 fully saturated rings. The third-order valence-corrected chi connectivity index (χ3v) is 3.06. The minimum Gasteiger partial charge on any atom is -0.493 e. The van der Waals surface area contributed by atoms with Crippen LogP contribution in [0, 0.1) is 0 Å². The summed E-state index contributed by atoms with van der Waals surface area (Å²) in [5.41, 5.74) is 2.11. The molecule has 18 heavy (non-hydrogen) atoms. The van der Waals surface area contributed by atoms with Crippen molar-refractivity contribution in [2.45, 2.75) is 19.8 Å². The Hall–Kier alpha value is -1.84. The van der Waals surface area contributed by atoms with Gasteiger partial charge in [-0.2, -0.15) is 0 Å². The average molecular weight is 249 g/mol. The maximum absolute atomic E-state index is 5.45. The lowest BCUT2D eigenvalue weighted by molar-refractivity contribution is 0.327. The van der Waals surface area contributed by atoms with E-state index in [9.17, 15) is 0 Å². The van der Waals surface area contributed by atoms with E-state index in [1.54, 1.807) is 21.3 Å². The van der Waals surface area contributed by atoms with Crippen LogP contribution in [0.15, 0.2) is 12.1 Å². The van der Waals surface area contributed by atoms with Gasteiger partial charge in [-0.05, 0) is 18.1 Å². The molecule has 0 bridgehead atoms. The van der Waals surface area contributed by atoms with Gasteiger partial charge in [0, 0.05) is 11.1 Å². The molecule has 0 amide bonds. The number of hydrogen-bond donors (Lipinski definition) is 1. The smallest absolute Gasteiger partial charge is 0.205 e. The summed E-state index contributed by atoms with van der Waals surface area (Å²) >= 11 is 0. The van der Waals surface area contributed by atoms with Crippen LogP contribution in [0.25, 0.3) is 10.9 Å². The molecule has 1 aromatic heterocycles. The predicted molar refractivity (Wildman–Crippen MR) is 72.0 cm³/mol. The van der Waals surface area contributed by atoms with Gasteiger partial charge in [0.25, 0.3) is 0 Å². The fourth-order valence-electron chi connectivity index (χ4n) is 2.08. The minimum atomic E-state index is 0.430. The van der Waals surface area contributed by atoms with Crippen LogP contribution in [-0.2, 0) is 0 Å². The summed E-state index contributed by atoms with van der Waals surface area (Å²) < 4.78 is 16.2. The highest BCUT2D eigenvalue weighted by molar-refractivity contribution is 5.91. The number of methoxy groups -OCH3 is 3. The van der Waals surface area contributed by atoms with Crippen molar-refractivity contribution in [2.75, 3.05) is 21.3 Å². The lowest BCUT2D eigenvalue weighted by Gasteiger charge is -2.12. The van der Waals surface area contributed by atoms with Crippen LogP contribution in [0.2, 0.25) is 0 Å². The largest absolute Gasteiger partial charge is 0.493 e. The molecule has 0 aliphatic rings. The van der Waals surface area contributed by atoms with Crippen LogP contribution in [0.1, 0.15) is 25.5 Å². The number of H-pyrrole nitrogens is 1. The van der Waals surface area contributed by atoms with Crippen LogP contribution < -0.4 is 14.2 Å². The normalized spacial score (nSPS) is 11.0. The van der Waals surface area contributed by atoms with Gasteiger partial charge >= 0.3 is 0 Å². The summed E-state index contributed by atoms with van der Waals surface area (Å²) in [6, 6.07) is 4.07. The zero-order chi connectivity index (χ0) is 13.3. The van der Waals surface area contributed by atoms with Crippen molar-refractivity contribution in [3.8, 4) is 17.2 Å². The summed E-state index contributed by atoms with van der Waals surface area (Å²) in [5, 5.41) is 1.06. The fraction of sp³-hybridized carbons (Fsp3) is 0.429. The molecule has 0 unspecified atom stereocenters. The Bertz CT molecular complexity index is 558. The molecule has 0 aliphatic carbocycles. The third-order valence-electron chi connectivity index (χ3n) is 3.06. The lowest BCUT2D eigenvalue weighted by atomic mass is 10.1. The van der Waals surface area contributed by atoms with Gasteiger partial charge < -0.3 is 19.2 Å². The molecule has 98 valence electrons. The number of benzene rings is 1. The Balaban J connectivity index is 2.75. The van der Waals surface area contributed by atoms with E-state index in [2.05, 4.69) is 24.9 Å². The topological polar surface area (TPSA) is 43.5 Å². The predicted octanol–water partition coefficient (Wildman–Crippen LogP) is 3.32. The Morgan fingerprint density at radius 3 is 2.11 bits per heavy atom. The molecule has 1 N–H and O–H groups in total. The van der Waals surface area contributed by atoms with Gasteiger partial charge in [-0.25, -0.2) is 0 Å². The van der Waals surface area contributed by atoms with Gasteiger partial charge in [0.05, 0.1) is 26.8 Å². The number of rotatable bonds is 4. The van der Waals surface area contributed by atoms with Gasteiger partial charge in [-0.15, -0.1) is 0 Å². The first-order valence-electron chi connectivity index (χ1n) is 5.94. The lowest BCUT2D eigenvalue weighted by Crippen LogP contribution is -1.95. The molecule has 0 spiro atoms. The van der Waals surface area contributed by atoms with E-state index < -0.39 is 0 Å². The summed E-state index contributed by atoms with van der Waals surface area (Å²) in [7, 11) is 4.87. The Labute approximate surface area is 107 Å². The first kappa shape index (κ1) is 12.6. The second-order valence-electron chi connectivity index (χ2n) is 4.49. The van der Waals surface area contributed by atoms with Crippen molar-refractivity contribution in [3.05, 3.63) is 17.8 Å². The quantitative estimate of drug-likeness (QED) is 0.904. The molecule has 0 radical (unpaired) electrons. The number of aromatic amines is 1. The monoisotopic (exact) mass is 249 g/mol. The maximum atomic E-state index is 5.45. The first-order valence-corrected chi connectivity index (χ1v) is 5.94. The van der Waals surface area contributed by atoms with Crippen molar-refractivity contribution in [1.29, 1.82) is 0 Å². The molecule has 2 aromatic rings. The molecule has 2 rings (SSSR count). The number of ether oxygens (including phenoxy) is 3. The van der Waals surface area contributed by atoms with Crippen molar-refractivity contribution in [1.82, 2.24) is 4.98 Å². The average Bonchev–Trinajstić information content (AvgIpc) is 2.79. The van der Waals surface area contributed by atoms with E-state index in [0.717, 1.165) is 10.9 Å². The van der Waals surface area contributed by atoms with Crippen LogP contribution in [0.5, 0.6) is 17.2 Å². The maximum Gasteiger partial charge on any atom is 0.205 e. The summed E-state index contributed by atoms with van der Waals surface area (Å²) in [5.74, 6) is 2.40. The highest BCUT2D eigenvalue weighted by atomic mass is 16.5. The molecule has 0 atom stereocenters. The third kappa shape index (κ3) is 1.88. The molecule has 0 aliphatic heterocycles. The van der Waals surface area contributed by atoms with E-state index in [1.807, 2.05) is 6.07 Å². The second-order valence-corrected chi connectivity index (χ2v) is 4.49. The van der Waals surface area contributed by atoms with Crippen LogP contribution >= 0.6 is 0 Å². The van der Waals surface area contributed by atoms with E-state index >= 15 is 0 Å². The van der Waals surface area contributed by atoms with Crippen LogP contribution in [0.4, 0.5) is 0 Å². The molecule has 0 saturated carbocycles. The highest BCUT2D eigenvalue weighted by Crippen LogP contribution is 2.43. The SMILES string of the molecule is COc1cc2cc(C(C)C)[nH]c2c(OC)c1OC. The molecular formula is C14H19NO3. The molecule has 4 heteroatoms. The van der Waals surface area contributed by atoms with Crippen LogP contribution in [0.3, 0.4) is 0 Å². The number of fused-ring (bicyclic) bond motifs is 1. The van der Waals surface area contributed by atoms with Crippen molar-refractivity contribution in [2.24, 2.45) is 0 Å². The molecular weight excluding hydrogens is 230 g/mol. The van der Waals surface area contributed by atoms with Gasteiger partial charge in [0.2, 0.25) is 5.75 Å². The summed E-state index contributed by atoms with van der Waals surface area (Å²) in [4.78, 5) is 3.38. The molecule has 1 heterocycles. The zero-order valence-electron chi connectivity index (χ0n) is 11.5. The number of aromatic nitrogens is 1. The van der Waals surface area contributed by atoms with Gasteiger partial charge in [-0.3, -0.25) is 0 Å². The van der Waals surface area contributed by atoms with Gasteiger partial charge in [0.15, 0.2) is 11.5 Å².